The van der Waals surface area contributed by atoms with Crippen molar-refractivity contribution in [2.24, 2.45) is 0 Å². The number of pyridine rings is 1. The van der Waals surface area contributed by atoms with E-state index in [1.165, 1.54) is 5.69 Å². The average molecular weight is 506 g/mol. The van der Waals surface area contributed by atoms with Gasteiger partial charge in [0.05, 0.1) is 12.2 Å². The van der Waals surface area contributed by atoms with Crippen LogP contribution in [0.15, 0.2) is 132 Å². The van der Waals surface area contributed by atoms with Gasteiger partial charge in [-0.25, -0.2) is 4.98 Å². The van der Waals surface area contributed by atoms with Gasteiger partial charge in [-0.15, -0.1) is 0 Å². The third-order valence-corrected chi connectivity index (χ3v) is 7.33. The lowest BCUT2D eigenvalue weighted by Crippen LogP contribution is -2.24. The monoisotopic (exact) mass is 505 g/mol. The quantitative estimate of drug-likeness (QED) is 0.224. The zero-order valence-electron chi connectivity index (χ0n) is 21.0. The van der Waals surface area contributed by atoms with Crippen LogP contribution in [0.5, 0.6) is 11.5 Å². The van der Waals surface area contributed by atoms with Crippen molar-refractivity contribution < 1.29 is 9.15 Å². The molecule has 1 aliphatic rings. The van der Waals surface area contributed by atoms with Crippen molar-refractivity contribution in [3.63, 3.8) is 0 Å². The van der Waals surface area contributed by atoms with E-state index in [0.29, 0.717) is 5.71 Å². The summed E-state index contributed by atoms with van der Waals surface area (Å²) < 4.78 is 12.4. The van der Waals surface area contributed by atoms with Gasteiger partial charge in [0.25, 0.3) is 0 Å². The molecule has 0 radical (unpaired) electrons. The van der Waals surface area contributed by atoms with Crippen molar-refractivity contribution >= 4 is 55.1 Å². The Morgan fingerprint density at radius 2 is 1.33 bits per heavy atom. The molecule has 186 valence electrons. The van der Waals surface area contributed by atoms with E-state index in [2.05, 4.69) is 95.0 Å². The maximum Gasteiger partial charge on any atom is 0.227 e. The summed E-state index contributed by atoms with van der Waals surface area (Å²) >= 11 is 0. The molecule has 0 unspecified atom stereocenters. The number of furan rings is 1. The molecule has 7 aromatic rings. The summed E-state index contributed by atoms with van der Waals surface area (Å²) in [4.78, 5) is 9.37. The molecule has 5 heteroatoms. The highest BCUT2D eigenvalue weighted by molar-refractivity contribution is 6.12. The second kappa shape index (κ2) is 8.64. The second-order valence-corrected chi connectivity index (χ2v) is 9.77. The van der Waals surface area contributed by atoms with Gasteiger partial charge in [0.2, 0.25) is 5.71 Å². The van der Waals surface area contributed by atoms with Crippen LogP contribution in [0.1, 0.15) is 0 Å². The first-order chi connectivity index (χ1) is 19.3. The van der Waals surface area contributed by atoms with E-state index in [1.54, 1.807) is 0 Å². The minimum absolute atomic E-state index is 0.651. The standard InChI is InChI=1S/C34H23N3O2/c1-2-7-25(8-3-1)36-17-18-37(22-36)26-9-6-10-27(20-26)38-28-16-15-23-13-14-24-19-31-29-11-4-5-12-32(29)39-34(31)35-33(24)30(23)21-28/h1-21H,22H2. The molecule has 39 heavy (non-hydrogen) atoms. The molecule has 0 amide bonds. The Kier molecular flexibility index (Phi) is 4.82. The summed E-state index contributed by atoms with van der Waals surface area (Å²) in [5, 5.41) is 5.32. The number of anilines is 2. The van der Waals surface area contributed by atoms with Crippen LogP contribution in [0.4, 0.5) is 11.4 Å². The Morgan fingerprint density at radius 3 is 2.26 bits per heavy atom. The van der Waals surface area contributed by atoms with E-state index in [-0.39, 0.29) is 0 Å². The summed E-state index contributed by atoms with van der Waals surface area (Å²) in [6.45, 7) is 0.747. The zero-order valence-corrected chi connectivity index (χ0v) is 21.0. The Morgan fingerprint density at radius 1 is 0.590 bits per heavy atom. The van der Waals surface area contributed by atoms with Crippen LogP contribution in [0.2, 0.25) is 0 Å². The summed E-state index contributed by atoms with van der Waals surface area (Å²) in [5.41, 5.74) is 4.64. The molecule has 0 aliphatic carbocycles. The number of aromatic nitrogens is 1. The minimum atomic E-state index is 0.651. The third-order valence-electron chi connectivity index (χ3n) is 7.33. The van der Waals surface area contributed by atoms with Crippen molar-refractivity contribution in [2.45, 2.75) is 0 Å². The molecule has 2 aromatic heterocycles. The Labute approximate surface area is 224 Å². The molecule has 0 spiro atoms. The molecule has 5 aromatic carbocycles. The van der Waals surface area contributed by atoms with E-state index < -0.39 is 0 Å². The number of hydrogen-bond donors (Lipinski definition) is 0. The Hall–Kier alpha value is -5.29. The fourth-order valence-corrected chi connectivity index (χ4v) is 5.37. The van der Waals surface area contributed by atoms with Gasteiger partial charge in [0, 0.05) is 51.4 Å². The molecule has 0 N–H and O–H groups in total. The smallest absolute Gasteiger partial charge is 0.227 e. The molecule has 0 atom stereocenters. The van der Waals surface area contributed by atoms with Crippen molar-refractivity contribution in [1.29, 1.82) is 0 Å². The molecule has 1 aliphatic heterocycles. The van der Waals surface area contributed by atoms with Gasteiger partial charge in [-0.2, -0.15) is 0 Å². The highest BCUT2D eigenvalue weighted by Crippen LogP contribution is 2.35. The number of benzene rings is 5. The van der Waals surface area contributed by atoms with Crippen LogP contribution in [0, 0.1) is 0 Å². The van der Waals surface area contributed by atoms with E-state index >= 15 is 0 Å². The summed E-state index contributed by atoms with van der Waals surface area (Å²) in [7, 11) is 0. The highest BCUT2D eigenvalue weighted by atomic mass is 16.5. The number of hydrogen-bond acceptors (Lipinski definition) is 5. The van der Waals surface area contributed by atoms with Gasteiger partial charge in [-0.05, 0) is 53.9 Å². The van der Waals surface area contributed by atoms with Crippen LogP contribution >= 0.6 is 0 Å². The maximum absolute atomic E-state index is 6.37. The zero-order chi connectivity index (χ0) is 25.8. The topological polar surface area (TPSA) is 41.7 Å². The molecule has 0 fully saturated rings. The Bertz CT molecular complexity index is 2050. The van der Waals surface area contributed by atoms with Crippen molar-refractivity contribution in [3.05, 3.63) is 128 Å². The van der Waals surface area contributed by atoms with Gasteiger partial charge in [-0.3, -0.25) is 0 Å². The molecule has 0 saturated carbocycles. The number of para-hydroxylation sites is 2. The molecule has 5 nitrogen and oxygen atoms in total. The molecule has 0 saturated heterocycles. The first kappa shape index (κ1) is 21.8. The third kappa shape index (κ3) is 3.75. The normalized spacial score (nSPS) is 13.3. The fraction of sp³-hybridized carbons (Fsp3) is 0.0294. The van der Waals surface area contributed by atoms with Gasteiger partial charge < -0.3 is 19.0 Å². The lowest BCUT2D eigenvalue weighted by Gasteiger charge is -2.22. The molecule has 8 rings (SSSR count). The van der Waals surface area contributed by atoms with Crippen molar-refractivity contribution in [3.8, 4) is 11.5 Å². The molecule has 0 bridgehead atoms. The SMILES string of the molecule is C1=CN(c2cccc(Oc3ccc4ccc5cc6c(nc5c4c3)oc3ccccc36)c2)CN1c1ccccc1. The summed E-state index contributed by atoms with van der Waals surface area (Å²) in [6.07, 6.45) is 4.20. The molecular formula is C34H23N3O2. The Balaban J connectivity index is 1.12. The van der Waals surface area contributed by atoms with Crippen LogP contribution in [-0.2, 0) is 0 Å². The van der Waals surface area contributed by atoms with Gasteiger partial charge in [0.1, 0.15) is 17.1 Å². The van der Waals surface area contributed by atoms with Crippen LogP contribution < -0.4 is 14.5 Å². The van der Waals surface area contributed by atoms with Crippen LogP contribution in [0.3, 0.4) is 0 Å². The maximum atomic E-state index is 6.37. The van der Waals surface area contributed by atoms with E-state index in [1.807, 2.05) is 42.5 Å². The first-order valence-electron chi connectivity index (χ1n) is 13.0. The van der Waals surface area contributed by atoms with Crippen LogP contribution in [-0.4, -0.2) is 11.7 Å². The number of fused-ring (bicyclic) bond motifs is 6. The second-order valence-electron chi connectivity index (χ2n) is 9.77. The van der Waals surface area contributed by atoms with Gasteiger partial charge in [-0.1, -0.05) is 60.7 Å². The van der Waals surface area contributed by atoms with Crippen molar-refractivity contribution in [2.75, 3.05) is 16.5 Å². The molecular weight excluding hydrogens is 482 g/mol. The van der Waals surface area contributed by atoms with E-state index in [4.69, 9.17) is 14.1 Å². The average Bonchev–Trinajstić information content (AvgIpc) is 3.62. The molecule has 3 heterocycles. The van der Waals surface area contributed by atoms with Crippen molar-refractivity contribution in [1.82, 2.24) is 4.98 Å². The van der Waals surface area contributed by atoms with E-state index in [0.717, 1.165) is 61.9 Å². The number of ether oxygens (including phenoxy) is 1. The predicted octanol–water partition coefficient (Wildman–Crippen LogP) is 8.84. The first-order valence-corrected chi connectivity index (χ1v) is 13.0. The lowest BCUT2D eigenvalue weighted by atomic mass is 10.0. The van der Waals surface area contributed by atoms with Gasteiger partial charge in [0.15, 0.2) is 0 Å². The predicted molar refractivity (Wildman–Crippen MR) is 158 cm³/mol. The summed E-state index contributed by atoms with van der Waals surface area (Å²) in [6, 6.07) is 39.2. The minimum Gasteiger partial charge on any atom is -0.457 e. The van der Waals surface area contributed by atoms with E-state index in [9.17, 15) is 0 Å². The largest absolute Gasteiger partial charge is 0.457 e. The fourth-order valence-electron chi connectivity index (χ4n) is 5.37. The van der Waals surface area contributed by atoms with Crippen LogP contribution in [0.25, 0.3) is 43.7 Å². The summed E-state index contributed by atoms with van der Waals surface area (Å²) in [5.74, 6) is 1.55. The highest BCUT2D eigenvalue weighted by Gasteiger charge is 2.16. The van der Waals surface area contributed by atoms with Gasteiger partial charge >= 0.3 is 0 Å². The number of rotatable bonds is 4. The lowest BCUT2D eigenvalue weighted by molar-refractivity contribution is 0.483. The number of nitrogens with zero attached hydrogens (tertiary/aromatic N) is 3.